The van der Waals surface area contributed by atoms with E-state index in [2.05, 4.69) is 10.3 Å². The first-order valence-electron chi connectivity index (χ1n) is 8.40. The molecule has 0 saturated carbocycles. The maximum Gasteiger partial charge on any atom is 0.274 e. The summed E-state index contributed by atoms with van der Waals surface area (Å²) in [4.78, 5) is 18.9. The molecule has 3 aromatic rings. The minimum atomic E-state index is -0.318. The molecule has 27 heavy (non-hydrogen) atoms. The first-order valence-corrected chi connectivity index (χ1v) is 8.40. The van der Waals surface area contributed by atoms with Crippen molar-refractivity contribution in [2.24, 2.45) is 0 Å². The molecule has 2 aromatic carbocycles. The molecule has 0 aliphatic heterocycles. The Labute approximate surface area is 158 Å². The quantitative estimate of drug-likeness (QED) is 0.714. The highest BCUT2D eigenvalue weighted by Gasteiger charge is 2.14. The van der Waals surface area contributed by atoms with Crippen LogP contribution in [0, 0.1) is 0 Å². The zero-order chi connectivity index (χ0) is 19.2. The number of carbonyl (C=O) groups excluding carboxylic acids is 1. The predicted octanol–water partition coefficient (Wildman–Crippen LogP) is 4.12. The Morgan fingerprint density at radius 2 is 1.74 bits per heavy atom. The van der Waals surface area contributed by atoms with E-state index in [0.29, 0.717) is 22.9 Å². The maximum absolute atomic E-state index is 12.7. The molecule has 1 aromatic heterocycles. The van der Waals surface area contributed by atoms with Gasteiger partial charge in [-0.2, -0.15) is 0 Å². The molecular weight excluding hydrogens is 342 g/mol. The molecule has 0 aliphatic carbocycles. The molecule has 1 heterocycles. The SMILES string of the molecule is COc1ccc(NC(=O)c2cc(N(C)c3ccccc3)ccn2)c(OC)c1. The van der Waals surface area contributed by atoms with E-state index in [1.165, 1.54) is 7.11 Å². The first-order chi connectivity index (χ1) is 13.1. The minimum absolute atomic E-state index is 0.313. The fourth-order valence-electron chi connectivity index (χ4n) is 2.64. The Morgan fingerprint density at radius 1 is 0.963 bits per heavy atom. The molecule has 138 valence electrons. The van der Waals surface area contributed by atoms with Gasteiger partial charge in [0.05, 0.1) is 19.9 Å². The van der Waals surface area contributed by atoms with E-state index in [9.17, 15) is 4.79 Å². The van der Waals surface area contributed by atoms with Crippen LogP contribution in [-0.4, -0.2) is 32.2 Å². The van der Waals surface area contributed by atoms with Crippen molar-refractivity contribution >= 4 is 23.0 Å². The van der Waals surface area contributed by atoms with Crippen molar-refractivity contribution in [3.05, 3.63) is 72.6 Å². The summed E-state index contributed by atoms with van der Waals surface area (Å²) < 4.78 is 10.5. The smallest absolute Gasteiger partial charge is 0.274 e. The molecule has 0 fully saturated rings. The van der Waals surface area contributed by atoms with Gasteiger partial charge < -0.3 is 19.7 Å². The molecular formula is C21H21N3O3. The largest absolute Gasteiger partial charge is 0.497 e. The predicted molar refractivity (Wildman–Crippen MR) is 106 cm³/mol. The Hall–Kier alpha value is -3.54. The Balaban J connectivity index is 1.82. The van der Waals surface area contributed by atoms with Gasteiger partial charge in [0, 0.05) is 30.7 Å². The monoisotopic (exact) mass is 363 g/mol. The molecule has 3 rings (SSSR count). The highest BCUT2D eigenvalue weighted by atomic mass is 16.5. The molecule has 0 spiro atoms. The lowest BCUT2D eigenvalue weighted by Crippen LogP contribution is -2.16. The molecule has 6 nitrogen and oxygen atoms in total. The number of aromatic nitrogens is 1. The number of ether oxygens (including phenoxy) is 2. The summed E-state index contributed by atoms with van der Waals surface area (Å²) in [7, 11) is 5.06. The summed E-state index contributed by atoms with van der Waals surface area (Å²) in [6, 6.07) is 18.7. The van der Waals surface area contributed by atoms with Crippen LogP contribution in [0.4, 0.5) is 17.1 Å². The van der Waals surface area contributed by atoms with Crippen molar-refractivity contribution in [2.45, 2.75) is 0 Å². The summed E-state index contributed by atoms with van der Waals surface area (Å²) in [5.41, 5.74) is 2.75. The van der Waals surface area contributed by atoms with Crippen LogP contribution in [0.5, 0.6) is 11.5 Å². The van der Waals surface area contributed by atoms with E-state index >= 15 is 0 Å². The number of pyridine rings is 1. The van der Waals surface area contributed by atoms with E-state index in [4.69, 9.17) is 9.47 Å². The molecule has 6 heteroatoms. The van der Waals surface area contributed by atoms with Crippen LogP contribution < -0.4 is 19.7 Å². The van der Waals surface area contributed by atoms with Crippen molar-refractivity contribution < 1.29 is 14.3 Å². The van der Waals surface area contributed by atoms with Crippen LogP contribution in [-0.2, 0) is 0 Å². The van der Waals surface area contributed by atoms with Gasteiger partial charge in [-0.25, -0.2) is 0 Å². The lowest BCUT2D eigenvalue weighted by Gasteiger charge is -2.19. The zero-order valence-corrected chi connectivity index (χ0v) is 15.5. The molecule has 0 saturated heterocycles. The molecule has 1 N–H and O–H groups in total. The third-order valence-corrected chi connectivity index (χ3v) is 4.16. The van der Waals surface area contributed by atoms with Gasteiger partial charge in [0.2, 0.25) is 0 Å². The third kappa shape index (κ3) is 4.17. The van der Waals surface area contributed by atoms with Crippen LogP contribution in [0.25, 0.3) is 0 Å². The molecule has 1 amide bonds. The lowest BCUT2D eigenvalue weighted by atomic mass is 10.2. The van der Waals surface area contributed by atoms with Gasteiger partial charge in [-0.3, -0.25) is 9.78 Å². The van der Waals surface area contributed by atoms with Gasteiger partial charge in [0.25, 0.3) is 5.91 Å². The van der Waals surface area contributed by atoms with Crippen LogP contribution in [0.2, 0.25) is 0 Å². The number of nitrogens with zero attached hydrogens (tertiary/aromatic N) is 2. The van der Waals surface area contributed by atoms with Gasteiger partial charge in [0.15, 0.2) is 0 Å². The summed E-state index contributed by atoms with van der Waals surface area (Å²) in [5.74, 6) is 0.844. The number of benzene rings is 2. The number of para-hydroxylation sites is 1. The van der Waals surface area contributed by atoms with Gasteiger partial charge in [-0.1, -0.05) is 18.2 Å². The fourth-order valence-corrected chi connectivity index (χ4v) is 2.64. The zero-order valence-electron chi connectivity index (χ0n) is 15.5. The van der Waals surface area contributed by atoms with E-state index < -0.39 is 0 Å². The van der Waals surface area contributed by atoms with Crippen LogP contribution in [0.15, 0.2) is 66.9 Å². The van der Waals surface area contributed by atoms with Crippen LogP contribution in [0.3, 0.4) is 0 Å². The van der Waals surface area contributed by atoms with Crippen molar-refractivity contribution in [3.8, 4) is 11.5 Å². The van der Waals surface area contributed by atoms with Crippen LogP contribution >= 0.6 is 0 Å². The minimum Gasteiger partial charge on any atom is -0.497 e. The van der Waals surface area contributed by atoms with E-state index in [1.807, 2.05) is 48.3 Å². The molecule has 0 unspecified atom stereocenters. The van der Waals surface area contributed by atoms with Gasteiger partial charge >= 0.3 is 0 Å². The molecule has 0 bridgehead atoms. The van der Waals surface area contributed by atoms with Crippen LogP contribution in [0.1, 0.15) is 10.5 Å². The Kier molecular flexibility index (Phi) is 5.56. The number of methoxy groups -OCH3 is 2. The molecule has 0 aliphatic rings. The summed E-state index contributed by atoms with van der Waals surface area (Å²) in [6.45, 7) is 0. The fraction of sp³-hybridized carbons (Fsp3) is 0.143. The number of rotatable bonds is 6. The van der Waals surface area contributed by atoms with Crippen molar-refractivity contribution in [1.82, 2.24) is 4.98 Å². The van der Waals surface area contributed by atoms with Gasteiger partial charge in [-0.15, -0.1) is 0 Å². The summed E-state index contributed by atoms with van der Waals surface area (Å²) >= 11 is 0. The van der Waals surface area contributed by atoms with Crippen molar-refractivity contribution in [2.75, 3.05) is 31.5 Å². The standard InChI is InChI=1S/C21H21N3O3/c1-24(15-7-5-4-6-8-15)16-11-12-22-19(13-16)21(25)23-18-10-9-17(26-2)14-20(18)27-3/h4-14H,1-3H3,(H,23,25). The first kappa shape index (κ1) is 18.3. The summed E-state index contributed by atoms with van der Waals surface area (Å²) in [6.07, 6.45) is 1.62. The van der Waals surface area contributed by atoms with E-state index in [-0.39, 0.29) is 5.91 Å². The van der Waals surface area contributed by atoms with Gasteiger partial charge in [0.1, 0.15) is 17.2 Å². The highest BCUT2D eigenvalue weighted by molar-refractivity contribution is 6.04. The summed E-state index contributed by atoms with van der Waals surface area (Å²) in [5, 5.41) is 2.83. The van der Waals surface area contributed by atoms with Gasteiger partial charge in [-0.05, 0) is 36.4 Å². The number of hydrogen-bond donors (Lipinski definition) is 1. The highest BCUT2D eigenvalue weighted by Crippen LogP contribution is 2.29. The number of hydrogen-bond acceptors (Lipinski definition) is 5. The van der Waals surface area contributed by atoms with E-state index in [1.54, 1.807) is 37.6 Å². The van der Waals surface area contributed by atoms with Crippen molar-refractivity contribution in [1.29, 1.82) is 0 Å². The normalized spacial score (nSPS) is 10.2. The number of nitrogens with one attached hydrogen (secondary N) is 1. The number of amides is 1. The second kappa shape index (κ2) is 8.23. The molecule has 0 atom stereocenters. The number of carbonyl (C=O) groups is 1. The topological polar surface area (TPSA) is 63.7 Å². The average Bonchev–Trinajstić information content (AvgIpc) is 2.74. The maximum atomic E-state index is 12.7. The second-order valence-electron chi connectivity index (χ2n) is 5.81. The Bertz CT molecular complexity index is 929. The second-order valence-corrected chi connectivity index (χ2v) is 5.81. The van der Waals surface area contributed by atoms with Crippen molar-refractivity contribution in [3.63, 3.8) is 0 Å². The molecule has 0 radical (unpaired) electrons. The average molecular weight is 363 g/mol. The van der Waals surface area contributed by atoms with E-state index in [0.717, 1.165) is 11.4 Å². The lowest BCUT2D eigenvalue weighted by molar-refractivity contribution is 0.102. The number of anilines is 3. The third-order valence-electron chi connectivity index (χ3n) is 4.16. The Morgan fingerprint density at radius 3 is 2.44 bits per heavy atom.